The second-order valence-corrected chi connectivity index (χ2v) is 6.99. The van der Waals surface area contributed by atoms with Crippen molar-refractivity contribution in [2.45, 2.75) is 19.8 Å². The summed E-state index contributed by atoms with van der Waals surface area (Å²) in [4.78, 5) is 6.85. The van der Waals surface area contributed by atoms with Crippen LogP contribution in [0.25, 0.3) is 0 Å². The highest BCUT2D eigenvalue weighted by atomic mass is 15.5. The number of nitrogens with two attached hydrogens (primary N) is 1. The number of hydrazone groups is 1. The van der Waals surface area contributed by atoms with Gasteiger partial charge in [0.25, 0.3) is 0 Å². The molecule has 27 heavy (non-hydrogen) atoms. The van der Waals surface area contributed by atoms with Gasteiger partial charge < -0.3 is 5.73 Å². The molecule has 0 aliphatic carbocycles. The first-order chi connectivity index (χ1) is 13.1. The molecule has 1 unspecified atom stereocenters. The number of amidine groups is 1. The van der Waals surface area contributed by atoms with E-state index in [4.69, 9.17) is 15.8 Å². The van der Waals surface area contributed by atoms with Crippen LogP contribution >= 0.6 is 0 Å². The Balaban J connectivity index is 1.94. The van der Waals surface area contributed by atoms with Gasteiger partial charge in [0.2, 0.25) is 0 Å². The van der Waals surface area contributed by atoms with Crippen LogP contribution in [0.5, 0.6) is 0 Å². The van der Waals surface area contributed by atoms with Crippen LogP contribution in [0.4, 0.5) is 0 Å². The van der Waals surface area contributed by atoms with Crippen molar-refractivity contribution in [3.63, 3.8) is 0 Å². The molecule has 5 heteroatoms. The van der Waals surface area contributed by atoms with Crippen LogP contribution in [-0.2, 0) is 0 Å². The molecule has 142 valence electrons. The highest BCUT2D eigenvalue weighted by Crippen LogP contribution is 2.29. The van der Waals surface area contributed by atoms with Crippen molar-refractivity contribution in [2.24, 2.45) is 15.8 Å². The average molecular weight is 364 g/mol. The van der Waals surface area contributed by atoms with Gasteiger partial charge in [0, 0.05) is 5.92 Å². The number of hydrogen-bond acceptors (Lipinski definition) is 4. The van der Waals surface area contributed by atoms with Crippen LogP contribution in [0.2, 0.25) is 0 Å². The summed E-state index contributed by atoms with van der Waals surface area (Å²) >= 11 is 0. The maximum atomic E-state index is 6.01. The Morgan fingerprint density at radius 1 is 1.19 bits per heavy atom. The van der Waals surface area contributed by atoms with Crippen LogP contribution in [0, 0.1) is 6.92 Å². The molecule has 0 radical (unpaired) electrons. The van der Waals surface area contributed by atoms with E-state index in [2.05, 4.69) is 74.3 Å². The first-order valence-corrected chi connectivity index (χ1v) is 9.52. The molecule has 2 aromatic rings. The third-order valence-corrected chi connectivity index (χ3v) is 4.98. The fraction of sp³-hybridized carbons (Fsp3) is 0.364. The number of benzene rings is 2. The van der Waals surface area contributed by atoms with Crippen LogP contribution < -0.4 is 5.73 Å². The zero-order chi connectivity index (χ0) is 19.2. The molecule has 0 saturated heterocycles. The van der Waals surface area contributed by atoms with Crippen molar-refractivity contribution >= 4 is 11.5 Å². The predicted molar refractivity (Wildman–Crippen MR) is 113 cm³/mol. The normalized spacial score (nSPS) is 17.5. The molecule has 3 rings (SSSR count). The van der Waals surface area contributed by atoms with E-state index in [0.29, 0.717) is 13.2 Å². The lowest BCUT2D eigenvalue weighted by Crippen LogP contribution is -2.33. The minimum Gasteiger partial charge on any atom is -0.324 e. The van der Waals surface area contributed by atoms with Gasteiger partial charge >= 0.3 is 0 Å². The first-order valence-electron chi connectivity index (χ1n) is 9.52. The molecule has 2 N–H and O–H groups in total. The Hall–Kier alpha value is -2.50. The van der Waals surface area contributed by atoms with E-state index in [1.165, 1.54) is 11.1 Å². The van der Waals surface area contributed by atoms with Gasteiger partial charge in [-0.3, -0.25) is 9.89 Å². The molecular weight excluding hydrogens is 334 g/mol. The van der Waals surface area contributed by atoms with E-state index in [9.17, 15) is 0 Å². The van der Waals surface area contributed by atoms with E-state index in [1.807, 2.05) is 11.1 Å². The van der Waals surface area contributed by atoms with E-state index in [0.717, 1.165) is 30.2 Å². The van der Waals surface area contributed by atoms with E-state index in [-0.39, 0.29) is 5.92 Å². The number of nitrogens with zero attached hydrogens (tertiary/aromatic N) is 4. The summed E-state index contributed by atoms with van der Waals surface area (Å²) < 4.78 is 0. The topological polar surface area (TPSA) is 57.2 Å². The fourth-order valence-corrected chi connectivity index (χ4v) is 3.15. The van der Waals surface area contributed by atoms with E-state index >= 15 is 0 Å². The highest BCUT2D eigenvalue weighted by Gasteiger charge is 2.30. The highest BCUT2D eigenvalue weighted by molar-refractivity contribution is 6.07. The predicted octanol–water partition coefficient (Wildman–Crippen LogP) is 3.06. The summed E-state index contributed by atoms with van der Waals surface area (Å²) in [5.74, 6) is 1.04. The fourth-order valence-electron chi connectivity index (χ4n) is 3.15. The van der Waals surface area contributed by atoms with Crippen molar-refractivity contribution in [3.05, 3.63) is 71.3 Å². The van der Waals surface area contributed by atoms with Gasteiger partial charge in [-0.2, -0.15) is 5.10 Å². The number of aryl methyl sites for hydroxylation is 1. The Kier molecular flexibility index (Phi) is 6.37. The minimum absolute atomic E-state index is 0.203. The number of hydrogen-bond donors (Lipinski definition) is 1. The molecule has 1 heterocycles. The van der Waals surface area contributed by atoms with Crippen LogP contribution in [0.15, 0.2) is 64.7 Å². The second kappa shape index (κ2) is 8.93. The maximum absolute atomic E-state index is 6.01. The minimum atomic E-state index is 0.203. The monoisotopic (exact) mass is 363 g/mol. The van der Waals surface area contributed by atoms with E-state index in [1.54, 1.807) is 0 Å². The third kappa shape index (κ3) is 4.62. The lowest BCUT2D eigenvalue weighted by atomic mass is 9.90. The molecule has 0 fully saturated rings. The standard InChI is InChI=1S/C22H29N5/c1-4-26(3)16-24-21(14-23)27-15-20(18-8-6-5-7-9-18)22(25-27)19-12-10-17(2)11-13-19/h5-13,20H,4,14-16,23H2,1-3H3/b24-21+. The Bertz CT molecular complexity index is 795. The van der Waals surface area contributed by atoms with Gasteiger partial charge in [-0.25, -0.2) is 5.01 Å². The molecule has 0 amide bonds. The summed E-state index contributed by atoms with van der Waals surface area (Å²) in [5.41, 5.74) is 10.7. The molecule has 1 aliphatic rings. The van der Waals surface area contributed by atoms with Crippen molar-refractivity contribution in [1.82, 2.24) is 9.91 Å². The largest absolute Gasteiger partial charge is 0.324 e. The molecule has 0 saturated carbocycles. The maximum Gasteiger partial charge on any atom is 0.135 e. The van der Waals surface area contributed by atoms with Crippen molar-refractivity contribution in [2.75, 3.05) is 33.4 Å². The van der Waals surface area contributed by atoms with Crippen LogP contribution in [0.1, 0.15) is 29.5 Å². The SMILES string of the molecule is CCN(C)C/N=C(\CN)N1CC(c2ccccc2)C(c2ccc(C)cc2)=N1. The summed E-state index contributed by atoms with van der Waals surface area (Å²) in [7, 11) is 2.05. The third-order valence-electron chi connectivity index (χ3n) is 4.98. The average Bonchev–Trinajstić information content (AvgIpc) is 3.14. The second-order valence-electron chi connectivity index (χ2n) is 6.99. The Morgan fingerprint density at radius 3 is 2.52 bits per heavy atom. The smallest absolute Gasteiger partial charge is 0.135 e. The van der Waals surface area contributed by atoms with Crippen molar-refractivity contribution in [1.29, 1.82) is 0 Å². The molecule has 0 spiro atoms. The summed E-state index contributed by atoms with van der Waals surface area (Å²) in [6, 6.07) is 19.1. The van der Waals surface area contributed by atoms with Gasteiger partial charge in [-0.15, -0.1) is 0 Å². The summed E-state index contributed by atoms with van der Waals surface area (Å²) in [5, 5.41) is 6.92. The quantitative estimate of drug-likeness (QED) is 0.634. The number of rotatable bonds is 6. The Labute approximate surface area is 162 Å². The lowest BCUT2D eigenvalue weighted by Gasteiger charge is -2.19. The number of aliphatic imine (C=N–C) groups is 1. The molecule has 0 aromatic heterocycles. The summed E-state index contributed by atoms with van der Waals surface area (Å²) in [6.45, 7) is 6.94. The van der Waals surface area contributed by atoms with Crippen LogP contribution in [-0.4, -0.2) is 54.8 Å². The molecule has 1 aliphatic heterocycles. The van der Waals surface area contributed by atoms with Gasteiger partial charge in [-0.05, 0) is 31.6 Å². The zero-order valence-corrected chi connectivity index (χ0v) is 16.5. The molecular formula is C22H29N5. The molecule has 0 bridgehead atoms. The van der Waals surface area contributed by atoms with Crippen molar-refractivity contribution < 1.29 is 0 Å². The Morgan fingerprint density at radius 2 is 1.89 bits per heavy atom. The van der Waals surface area contributed by atoms with Gasteiger partial charge in [-0.1, -0.05) is 67.1 Å². The zero-order valence-electron chi connectivity index (χ0n) is 16.5. The molecule has 2 aromatic carbocycles. The molecule has 1 atom stereocenters. The van der Waals surface area contributed by atoms with Gasteiger partial charge in [0.1, 0.15) is 5.84 Å². The first kappa shape index (κ1) is 19.3. The van der Waals surface area contributed by atoms with Gasteiger partial charge in [0.05, 0.1) is 25.5 Å². The van der Waals surface area contributed by atoms with Crippen molar-refractivity contribution in [3.8, 4) is 0 Å². The van der Waals surface area contributed by atoms with Crippen LogP contribution in [0.3, 0.4) is 0 Å². The molecule has 5 nitrogen and oxygen atoms in total. The summed E-state index contributed by atoms with van der Waals surface area (Å²) in [6.07, 6.45) is 0. The van der Waals surface area contributed by atoms with E-state index < -0.39 is 0 Å². The lowest BCUT2D eigenvalue weighted by molar-refractivity contribution is 0.360. The van der Waals surface area contributed by atoms with Gasteiger partial charge in [0.15, 0.2) is 0 Å².